The number of fused-ring (bicyclic) bond motifs is 2. The molecule has 0 aliphatic carbocycles. The van der Waals surface area contributed by atoms with Crippen LogP contribution in [-0.2, 0) is 19.7 Å². The fourth-order valence-electron chi connectivity index (χ4n) is 4.56. The maximum atomic E-state index is 12.5. The zero-order valence-corrected chi connectivity index (χ0v) is 24.8. The van der Waals surface area contributed by atoms with Gasteiger partial charge in [-0.25, -0.2) is 29.5 Å². The van der Waals surface area contributed by atoms with Gasteiger partial charge in [-0.3, -0.25) is 0 Å². The Balaban J connectivity index is 0.000000172. The molecule has 234 valence electrons. The first kappa shape index (κ1) is 30.3. The summed E-state index contributed by atoms with van der Waals surface area (Å²) in [7, 11) is 0. The van der Waals surface area contributed by atoms with Crippen LogP contribution in [0, 0.1) is 0 Å². The normalized spacial score (nSPS) is 10.6. The molecule has 0 aliphatic rings. The standard InChI is InChI=1S/C20H17N5O2.C13H11N5O2/c26-20-24-18(22-11-15-7-3-1-4-8-15)17-12-21-14-23-19(17)25(20)27-13-16-9-5-2-6-10-16;19-13-17-11(15-6-9-4-2-1-3-5-9)10-7-14-8-16-12(10)18(13)20/h1-10,12,14H,11,13H2,(H,22,24,26);1-5,7-8,20H,6H2,(H,15,17,19). The topological polar surface area (TPSA) is 175 Å². The van der Waals surface area contributed by atoms with Gasteiger partial charge in [0, 0.05) is 25.5 Å². The van der Waals surface area contributed by atoms with Crippen LogP contribution >= 0.6 is 0 Å². The zero-order valence-electron chi connectivity index (χ0n) is 24.8. The van der Waals surface area contributed by atoms with Crippen molar-refractivity contribution in [1.29, 1.82) is 0 Å². The van der Waals surface area contributed by atoms with Gasteiger partial charge in [0.05, 0.1) is 10.8 Å². The lowest BCUT2D eigenvalue weighted by atomic mass is 10.2. The number of aromatic nitrogens is 8. The molecule has 14 heteroatoms. The summed E-state index contributed by atoms with van der Waals surface area (Å²) < 4.78 is 1.52. The fourth-order valence-corrected chi connectivity index (χ4v) is 4.56. The van der Waals surface area contributed by atoms with E-state index >= 15 is 0 Å². The Morgan fingerprint density at radius 3 is 1.64 bits per heavy atom. The third-order valence-electron chi connectivity index (χ3n) is 6.86. The summed E-state index contributed by atoms with van der Waals surface area (Å²) in [6.07, 6.45) is 5.75. The van der Waals surface area contributed by atoms with Crippen molar-refractivity contribution in [2.45, 2.75) is 19.7 Å². The number of benzene rings is 3. The van der Waals surface area contributed by atoms with Crippen molar-refractivity contribution in [1.82, 2.24) is 39.4 Å². The summed E-state index contributed by atoms with van der Waals surface area (Å²) in [5.74, 6) is 0.777. The zero-order chi connectivity index (χ0) is 32.4. The van der Waals surface area contributed by atoms with Crippen LogP contribution in [0.3, 0.4) is 0 Å². The van der Waals surface area contributed by atoms with Crippen molar-refractivity contribution in [3.05, 3.63) is 154 Å². The Labute approximate surface area is 267 Å². The van der Waals surface area contributed by atoms with E-state index in [2.05, 4.69) is 40.5 Å². The predicted octanol–water partition coefficient (Wildman–Crippen LogP) is 3.46. The second kappa shape index (κ2) is 14.4. The van der Waals surface area contributed by atoms with Crippen LogP contribution in [0.2, 0.25) is 0 Å². The molecule has 0 atom stereocenters. The van der Waals surface area contributed by atoms with Crippen LogP contribution in [0.1, 0.15) is 16.7 Å². The van der Waals surface area contributed by atoms with E-state index in [1.54, 1.807) is 6.20 Å². The van der Waals surface area contributed by atoms with Crippen LogP contribution in [0.5, 0.6) is 0 Å². The van der Waals surface area contributed by atoms with Gasteiger partial charge in [0.2, 0.25) is 0 Å². The van der Waals surface area contributed by atoms with Crippen molar-refractivity contribution in [3.63, 3.8) is 0 Å². The minimum absolute atomic E-state index is 0.121. The van der Waals surface area contributed by atoms with Crippen LogP contribution in [-0.4, -0.2) is 44.6 Å². The first-order chi connectivity index (χ1) is 23.1. The Bertz CT molecular complexity index is 2210. The van der Waals surface area contributed by atoms with E-state index in [4.69, 9.17) is 4.84 Å². The summed E-state index contributed by atoms with van der Waals surface area (Å²) >= 11 is 0. The number of hydrogen-bond acceptors (Lipinski definition) is 12. The van der Waals surface area contributed by atoms with Crippen molar-refractivity contribution >= 4 is 33.7 Å². The van der Waals surface area contributed by atoms with Crippen molar-refractivity contribution in [2.24, 2.45) is 0 Å². The summed E-state index contributed by atoms with van der Waals surface area (Å²) in [6.45, 7) is 1.27. The molecular formula is C33H28N10O4. The van der Waals surface area contributed by atoms with Crippen molar-refractivity contribution < 1.29 is 10.0 Å². The van der Waals surface area contributed by atoms with E-state index in [1.165, 1.54) is 18.9 Å². The number of nitrogens with one attached hydrogen (secondary N) is 2. The van der Waals surface area contributed by atoms with Gasteiger partial charge < -0.3 is 20.7 Å². The van der Waals surface area contributed by atoms with Crippen LogP contribution in [0.15, 0.2) is 126 Å². The van der Waals surface area contributed by atoms with Crippen molar-refractivity contribution in [2.75, 3.05) is 10.6 Å². The second-order valence-electron chi connectivity index (χ2n) is 10.0. The number of nitrogens with zero attached hydrogens (tertiary/aromatic N) is 8. The van der Waals surface area contributed by atoms with Crippen LogP contribution < -0.4 is 26.9 Å². The molecule has 7 aromatic rings. The first-order valence-corrected chi connectivity index (χ1v) is 14.4. The summed E-state index contributed by atoms with van der Waals surface area (Å²) in [4.78, 5) is 53.7. The molecule has 47 heavy (non-hydrogen) atoms. The van der Waals surface area contributed by atoms with E-state index in [9.17, 15) is 14.8 Å². The van der Waals surface area contributed by atoms with E-state index in [0.717, 1.165) is 21.4 Å². The molecule has 0 aliphatic heterocycles. The number of hydrogen-bond donors (Lipinski definition) is 3. The minimum atomic E-state index is -0.785. The molecule has 3 aromatic carbocycles. The summed E-state index contributed by atoms with van der Waals surface area (Å²) in [6, 6.07) is 29.2. The largest absolute Gasteiger partial charge is 0.422 e. The summed E-state index contributed by atoms with van der Waals surface area (Å²) in [5, 5.41) is 16.9. The third kappa shape index (κ3) is 7.34. The molecular weight excluding hydrogens is 600 g/mol. The molecule has 0 saturated carbocycles. The van der Waals surface area contributed by atoms with E-state index in [0.29, 0.717) is 45.9 Å². The molecule has 0 fully saturated rings. The van der Waals surface area contributed by atoms with Crippen LogP contribution in [0.4, 0.5) is 11.6 Å². The molecule has 0 unspecified atom stereocenters. The van der Waals surface area contributed by atoms with E-state index in [-0.39, 0.29) is 12.3 Å². The molecule has 4 aromatic heterocycles. The fraction of sp³-hybridized carbons (Fsp3) is 0.0909. The first-order valence-electron chi connectivity index (χ1n) is 14.4. The minimum Gasteiger partial charge on any atom is -0.422 e. The average Bonchev–Trinajstić information content (AvgIpc) is 3.13. The lowest BCUT2D eigenvalue weighted by molar-refractivity contribution is 0.0950. The highest BCUT2D eigenvalue weighted by Crippen LogP contribution is 2.18. The Morgan fingerprint density at radius 1 is 0.617 bits per heavy atom. The molecule has 3 N–H and O–H groups in total. The summed E-state index contributed by atoms with van der Waals surface area (Å²) in [5.41, 5.74) is 2.24. The smallest absolute Gasteiger partial charge is 0.384 e. The number of anilines is 2. The highest BCUT2D eigenvalue weighted by Gasteiger charge is 2.13. The third-order valence-corrected chi connectivity index (χ3v) is 6.86. The van der Waals surface area contributed by atoms with Gasteiger partial charge in [0.15, 0.2) is 11.3 Å². The lowest BCUT2D eigenvalue weighted by Crippen LogP contribution is -2.30. The Hall–Kier alpha value is -6.70. The van der Waals surface area contributed by atoms with Crippen molar-refractivity contribution in [3.8, 4) is 0 Å². The van der Waals surface area contributed by atoms with E-state index < -0.39 is 11.4 Å². The molecule has 14 nitrogen and oxygen atoms in total. The van der Waals surface area contributed by atoms with Gasteiger partial charge in [0.1, 0.15) is 30.9 Å². The molecule has 0 spiro atoms. The quantitative estimate of drug-likeness (QED) is 0.199. The SMILES string of the molecule is O=c1nc(NCc2ccccc2)c2cncnc2n1O.O=c1nc(NCc2ccccc2)c2cncnc2n1OCc1ccccc1. The van der Waals surface area contributed by atoms with Gasteiger partial charge in [-0.2, -0.15) is 9.97 Å². The number of rotatable bonds is 9. The maximum Gasteiger partial charge on any atom is 0.384 e. The molecule has 4 heterocycles. The van der Waals surface area contributed by atoms with E-state index in [1.807, 2.05) is 91.0 Å². The van der Waals surface area contributed by atoms with Gasteiger partial charge in [-0.1, -0.05) is 91.0 Å². The highest BCUT2D eigenvalue weighted by atomic mass is 16.7. The Kier molecular flexibility index (Phi) is 9.28. The molecule has 0 radical (unpaired) electrons. The highest BCUT2D eigenvalue weighted by molar-refractivity contribution is 5.86. The van der Waals surface area contributed by atoms with Gasteiger partial charge in [-0.15, -0.1) is 9.46 Å². The lowest BCUT2D eigenvalue weighted by Gasteiger charge is -2.13. The Morgan fingerprint density at radius 2 is 1.09 bits per heavy atom. The molecule has 0 saturated heterocycles. The van der Waals surface area contributed by atoms with Gasteiger partial charge in [0.25, 0.3) is 0 Å². The molecule has 0 amide bonds. The van der Waals surface area contributed by atoms with Gasteiger partial charge >= 0.3 is 11.4 Å². The monoisotopic (exact) mass is 628 g/mol. The second-order valence-corrected chi connectivity index (χ2v) is 10.0. The predicted molar refractivity (Wildman–Crippen MR) is 175 cm³/mol. The molecule has 0 bridgehead atoms. The maximum absolute atomic E-state index is 12.5. The van der Waals surface area contributed by atoms with Gasteiger partial charge in [-0.05, 0) is 16.7 Å². The average molecular weight is 629 g/mol. The molecule has 7 rings (SSSR count). The van der Waals surface area contributed by atoms with Crippen LogP contribution in [0.25, 0.3) is 22.1 Å².